The van der Waals surface area contributed by atoms with Crippen LogP contribution < -0.4 is 0 Å². The van der Waals surface area contributed by atoms with Gasteiger partial charge in [0.25, 0.3) is 0 Å². The Labute approximate surface area is 137 Å². The van der Waals surface area contributed by atoms with Gasteiger partial charge in [-0.2, -0.15) is 0 Å². The SMILES string of the molecule is CCC(c1ccccc1)C(Br)c1cc(Br)sc1Br. The largest absolute Gasteiger partial charge is 0.121 e. The van der Waals surface area contributed by atoms with E-state index in [0.717, 1.165) is 10.2 Å². The molecule has 0 nitrogen and oxygen atoms in total. The first-order valence-electron chi connectivity index (χ1n) is 5.77. The first-order valence-corrected chi connectivity index (χ1v) is 9.09. The van der Waals surface area contributed by atoms with Gasteiger partial charge in [-0.25, -0.2) is 0 Å². The Morgan fingerprint density at radius 1 is 1.17 bits per heavy atom. The van der Waals surface area contributed by atoms with Gasteiger partial charge in [0.15, 0.2) is 0 Å². The molecular weight excluding hydrogens is 440 g/mol. The molecule has 0 aliphatic carbocycles. The molecule has 0 fully saturated rings. The number of benzene rings is 1. The fourth-order valence-electron chi connectivity index (χ4n) is 2.07. The average Bonchev–Trinajstić information content (AvgIpc) is 2.70. The van der Waals surface area contributed by atoms with E-state index in [0.29, 0.717) is 10.7 Å². The van der Waals surface area contributed by atoms with Gasteiger partial charge in [0, 0.05) is 10.7 Å². The van der Waals surface area contributed by atoms with Gasteiger partial charge in [-0.1, -0.05) is 53.2 Å². The molecule has 4 heteroatoms. The van der Waals surface area contributed by atoms with Crippen molar-refractivity contribution in [3.63, 3.8) is 0 Å². The van der Waals surface area contributed by atoms with Gasteiger partial charge < -0.3 is 0 Å². The summed E-state index contributed by atoms with van der Waals surface area (Å²) in [5.41, 5.74) is 2.71. The van der Waals surface area contributed by atoms with Crippen molar-refractivity contribution in [1.29, 1.82) is 0 Å². The van der Waals surface area contributed by atoms with Crippen molar-refractivity contribution >= 4 is 59.1 Å². The maximum atomic E-state index is 3.87. The lowest BCUT2D eigenvalue weighted by atomic mass is 9.91. The Kier molecular flexibility index (Phi) is 5.48. The molecule has 2 unspecified atom stereocenters. The van der Waals surface area contributed by atoms with Crippen LogP contribution in [-0.4, -0.2) is 0 Å². The monoisotopic (exact) mass is 450 g/mol. The molecule has 18 heavy (non-hydrogen) atoms. The van der Waals surface area contributed by atoms with Crippen LogP contribution in [0.25, 0.3) is 0 Å². The summed E-state index contributed by atoms with van der Waals surface area (Å²) >= 11 is 12.8. The van der Waals surface area contributed by atoms with Crippen molar-refractivity contribution in [2.45, 2.75) is 24.1 Å². The highest BCUT2D eigenvalue weighted by Gasteiger charge is 2.23. The lowest BCUT2D eigenvalue weighted by molar-refractivity contribution is 0.655. The van der Waals surface area contributed by atoms with Crippen LogP contribution in [0.4, 0.5) is 0 Å². The Bertz CT molecular complexity index is 507. The van der Waals surface area contributed by atoms with Crippen molar-refractivity contribution in [3.8, 4) is 0 Å². The van der Waals surface area contributed by atoms with Gasteiger partial charge in [0.05, 0.1) is 7.57 Å². The van der Waals surface area contributed by atoms with Crippen LogP contribution in [0.3, 0.4) is 0 Å². The van der Waals surface area contributed by atoms with E-state index in [-0.39, 0.29) is 0 Å². The molecule has 0 amide bonds. The molecule has 2 aromatic rings. The highest BCUT2D eigenvalue weighted by Crippen LogP contribution is 2.46. The standard InChI is InChI=1S/C14H13Br3S/c1-2-10(9-6-4-3-5-7-9)13(16)11-8-12(15)18-14(11)17/h3-8,10,13H,2H2,1H3. The molecular formula is C14H13Br3S. The van der Waals surface area contributed by atoms with Crippen LogP contribution >= 0.6 is 59.1 Å². The number of hydrogen-bond acceptors (Lipinski definition) is 1. The lowest BCUT2D eigenvalue weighted by Gasteiger charge is -2.21. The van der Waals surface area contributed by atoms with E-state index in [2.05, 4.69) is 91.1 Å². The van der Waals surface area contributed by atoms with Crippen molar-refractivity contribution in [2.75, 3.05) is 0 Å². The second-order valence-electron chi connectivity index (χ2n) is 4.11. The maximum absolute atomic E-state index is 3.87. The highest BCUT2D eigenvalue weighted by molar-refractivity contribution is 9.12. The average molecular weight is 453 g/mol. The third-order valence-corrected chi connectivity index (χ3v) is 6.52. The maximum Gasteiger partial charge on any atom is 0.0754 e. The van der Waals surface area contributed by atoms with Gasteiger partial charge >= 0.3 is 0 Å². The van der Waals surface area contributed by atoms with E-state index in [1.54, 1.807) is 11.3 Å². The summed E-state index contributed by atoms with van der Waals surface area (Å²) in [6.07, 6.45) is 1.11. The predicted octanol–water partition coefficient (Wildman–Crippen LogP) is 6.90. The topological polar surface area (TPSA) is 0 Å². The van der Waals surface area contributed by atoms with E-state index >= 15 is 0 Å². The first kappa shape index (κ1) is 14.8. The summed E-state index contributed by atoms with van der Waals surface area (Å²) < 4.78 is 2.36. The third-order valence-electron chi connectivity index (χ3n) is 3.00. The Hall–Kier alpha value is 0.360. The van der Waals surface area contributed by atoms with Gasteiger partial charge in [0.1, 0.15) is 0 Å². The molecule has 1 aromatic carbocycles. The molecule has 0 saturated heterocycles. The van der Waals surface area contributed by atoms with Gasteiger partial charge in [-0.15, -0.1) is 11.3 Å². The molecule has 2 rings (SSSR count). The van der Waals surface area contributed by atoms with Crippen LogP contribution in [-0.2, 0) is 0 Å². The van der Waals surface area contributed by atoms with E-state index in [1.165, 1.54) is 14.9 Å². The summed E-state index contributed by atoms with van der Waals surface area (Å²) in [4.78, 5) is 0.335. The number of alkyl halides is 1. The second kappa shape index (κ2) is 6.69. The van der Waals surface area contributed by atoms with Crippen LogP contribution in [0.15, 0.2) is 44.0 Å². The van der Waals surface area contributed by atoms with Crippen molar-refractivity contribution < 1.29 is 0 Å². The first-order chi connectivity index (χ1) is 8.63. The summed E-state index contributed by atoms with van der Waals surface area (Å²) in [7, 11) is 0. The molecule has 96 valence electrons. The summed E-state index contributed by atoms with van der Waals surface area (Å²) in [5.74, 6) is 0.490. The fourth-order valence-corrected chi connectivity index (χ4v) is 6.50. The van der Waals surface area contributed by atoms with E-state index in [1.807, 2.05) is 0 Å². The highest BCUT2D eigenvalue weighted by atomic mass is 79.9. The molecule has 1 heterocycles. The Morgan fingerprint density at radius 3 is 2.33 bits per heavy atom. The zero-order chi connectivity index (χ0) is 13.1. The zero-order valence-electron chi connectivity index (χ0n) is 9.87. The van der Waals surface area contributed by atoms with Gasteiger partial charge in [-0.05, 0) is 55.5 Å². The summed E-state index contributed by atoms with van der Waals surface area (Å²) in [5, 5.41) is 0. The van der Waals surface area contributed by atoms with E-state index in [4.69, 9.17) is 0 Å². The van der Waals surface area contributed by atoms with Crippen molar-refractivity contribution in [1.82, 2.24) is 0 Å². The van der Waals surface area contributed by atoms with Crippen LogP contribution in [0.2, 0.25) is 0 Å². The zero-order valence-corrected chi connectivity index (χ0v) is 15.4. The molecule has 0 bridgehead atoms. The molecule has 0 aliphatic heterocycles. The third kappa shape index (κ3) is 3.27. The molecule has 0 N–H and O–H groups in total. The minimum atomic E-state index is 0.335. The second-order valence-corrected chi connectivity index (χ2v) is 8.84. The van der Waals surface area contributed by atoms with E-state index < -0.39 is 0 Å². The summed E-state index contributed by atoms with van der Waals surface area (Å²) in [6, 6.07) is 12.9. The van der Waals surface area contributed by atoms with Crippen LogP contribution in [0, 0.1) is 0 Å². The molecule has 1 aromatic heterocycles. The van der Waals surface area contributed by atoms with Crippen LogP contribution in [0.5, 0.6) is 0 Å². The molecule has 0 radical (unpaired) electrons. The number of hydrogen-bond donors (Lipinski definition) is 0. The Morgan fingerprint density at radius 2 is 1.83 bits per heavy atom. The van der Waals surface area contributed by atoms with Gasteiger partial charge in [0.2, 0.25) is 0 Å². The number of halogens is 3. The molecule has 2 atom stereocenters. The van der Waals surface area contributed by atoms with Crippen molar-refractivity contribution in [3.05, 3.63) is 55.1 Å². The normalized spacial score (nSPS) is 14.4. The molecule has 0 aliphatic rings. The minimum Gasteiger partial charge on any atom is -0.121 e. The van der Waals surface area contributed by atoms with Crippen LogP contribution in [0.1, 0.15) is 35.2 Å². The number of thiophene rings is 1. The minimum absolute atomic E-state index is 0.335. The number of rotatable bonds is 4. The fraction of sp³-hybridized carbons (Fsp3) is 0.286. The molecule has 0 spiro atoms. The van der Waals surface area contributed by atoms with Crippen molar-refractivity contribution in [2.24, 2.45) is 0 Å². The smallest absolute Gasteiger partial charge is 0.0754 e. The summed E-state index contributed by atoms with van der Waals surface area (Å²) in [6.45, 7) is 2.24. The quantitative estimate of drug-likeness (QED) is 0.442. The van der Waals surface area contributed by atoms with E-state index in [9.17, 15) is 0 Å². The molecule has 0 saturated carbocycles. The predicted molar refractivity (Wildman–Crippen MR) is 90.9 cm³/mol. The lowest BCUT2D eigenvalue weighted by Crippen LogP contribution is -2.04. The van der Waals surface area contributed by atoms with Gasteiger partial charge in [-0.3, -0.25) is 0 Å². The Balaban J connectivity index is 2.31.